The standard InChI is InChI=1S/C18H22N4O10S/c19-12(17(27)28)4-5-14(23)21-13(16(26)20-7-15(24)25)9-33-18(29)32-8-10-2-1-3-11(6-10)22(30)31/h1-3,6,12-13H,4-5,7-9,19H2,(H,20,26)(H,21,23)(H,24,25)(H,27,28). The van der Waals surface area contributed by atoms with Gasteiger partial charge in [0.05, 0.1) is 4.92 Å². The zero-order chi connectivity index (χ0) is 25.0. The normalized spacial score (nSPS) is 12.2. The Bertz CT molecular complexity index is 910. The summed E-state index contributed by atoms with van der Waals surface area (Å²) in [5.41, 5.74) is 5.49. The van der Waals surface area contributed by atoms with Gasteiger partial charge in [0.25, 0.3) is 5.69 Å². The average Bonchev–Trinajstić information content (AvgIpc) is 2.77. The fourth-order valence-electron chi connectivity index (χ4n) is 2.24. The van der Waals surface area contributed by atoms with Gasteiger partial charge < -0.3 is 31.3 Å². The lowest BCUT2D eigenvalue weighted by molar-refractivity contribution is -0.384. The predicted molar refractivity (Wildman–Crippen MR) is 113 cm³/mol. The molecule has 0 aliphatic carbocycles. The van der Waals surface area contributed by atoms with Crippen molar-refractivity contribution in [1.29, 1.82) is 0 Å². The molecular weight excluding hydrogens is 464 g/mol. The van der Waals surface area contributed by atoms with E-state index in [4.69, 9.17) is 20.7 Å². The van der Waals surface area contributed by atoms with Crippen LogP contribution in [-0.4, -0.2) is 68.6 Å². The number of rotatable bonds is 13. The highest BCUT2D eigenvalue weighted by molar-refractivity contribution is 8.13. The van der Waals surface area contributed by atoms with E-state index in [0.717, 1.165) is 0 Å². The third kappa shape index (κ3) is 10.9. The number of carbonyl (C=O) groups excluding carboxylic acids is 3. The van der Waals surface area contributed by atoms with E-state index in [2.05, 4.69) is 10.6 Å². The molecule has 1 aromatic carbocycles. The van der Waals surface area contributed by atoms with Crippen LogP contribution in [0, 0.1) is 10.1 Å². The summed E-state index contributed by atoms with van der Waals surface area (Å²) in [4.78, 5) is 67.8. The summed E-state index contributed by atoms with van der Waals surface area (Å²) in [6.07, 6.45) is -0.527. The minimum Gasteiger partial charge on any atom is -0.480 e. The molecule has 0 aliphatic heterocycles. The molecule has 2 atom stereocenters. The fourth-order valence-corrected chi connectivity index (χ4v) is 2.92. The molecule has 1 rings (SSSR count). The van der Waals surface area contributed by atoms with E-state index < -0.39 is 52.6 Å². The lowest BCUT2D eigenvalue weighted by atomic mass is 10.1. The smallest absolute Gasteiger partial charge is 0.367 e. The maximum absolute atomic E-state index is 12.2. The minimum absolute atomic E-state index is 0.184. The van der Waals surface area contributed by atoms with Crippen LogP contribution in [0.2, 0.25) is 0 Å². The highest BCUT2D eigenvalue weighted by Gasteiger charge is 2.24. The van der Waals surface area contributed by atoms with Gasteiger partial charge >= 0.3 is 17.2 Å². The number of hydrogen-bond donors (Lipinski definition) is 5. The van der Waals surface area contributed by atoms with Crippen LogP contribution in [0.5, 0.6) is 0 Å². The molecule has 180 valence electrons. The molecule has 0 heterocycles. The van der Waals surface area contributed by atoms with Crippen molar-refractivity contribution in [2.24, 2.45) is 5.73 Å². The maximum atomic E-state index is 12.2. The monoisotopic (exact) mass is 486 g/mol. The summed E-state index contributed by atoms with van der Waals surface area (Å²) in [5, 5.41) is 31.7. The Morgan fingerprint density at radius 2 is 1.91 bits per heavy atom. The van der Waals surface area contributed by atoms with E-state index in [1.165, 1.54) is 24.3 Å². The van der Waals surface area contributed by atoms with Crippen molar-refractivity contribution in [3.63, 3.8) is 0 Å². The number of carbonyl (C=O) groups is 5. The van der Waals surface area contributed by atoms with Crippen LogP contribution in [0.4, 0.5) is 10.5 Å². The number of amides is 2. The first-order chi connectivity index (χ1) is 15.5. The van der Waals surface area contributed by atoms with Crippen LogP contribution >= 0.6 is 11.8 Å². The van der Waals surface area contributed by atoms with Crippen molar-refractivity contribution in [2.45, 2.75) is 31.5 Å². The van der Waals surface area contributed by atoms with Crippen molar-refractivity contribution < 1.29 is 43.8 Å². The Morgan fingerprint density at radius 3 is 2.52 bits per heavy atom. The van der Waals surface area contributed by atoms with Gasteiger partial charge in [0.1, 0.15) is 25.2 Å². The van der Waals surface area contributed by atoms with E-state index >= 15 is 0 Å². The second kappa shape index (κ2) is 13.6. The number of hydrogen-bond acceptors (Lipinski definition) is 10. The highest BCUT2D eigenvalue weighted by Crippen LogP contribution is 2.16. The first kappa shape index (κ1) is 27.3. The Morgan fingerprint density at radius 1 is 1.21 bits per heavy atom. The van der Waals surface area contributed by atoms with Crippen molar-refractivity contribution in [2.75, 3.05) is 12.3 Å². The SMILES string of the molecule is NC(CCC(=O)NC(CSC(=O)OCc1cccc([N+](=O)[O-])c1)C(=O)NCC(=O)O)C(=O)O. The Kier molecular flexibility index (Phi) is 11.3. The Balaban J connectivity index is 2.65. The Hall–Kier alpha value is -3.72. The number of nitro groups is 1. The molecule has 14 nitrogen and oxygen atoms in total. The summed E-state index contributed by atoms with van der Waals surface area (Å²) in [7, 11) is 0. The number of carboxylic acid groups (broad SMARTS) is 2. The van der Waals surface area contributed by atoms with Crippen molar-refractivity contribution in [3.05, 3.63) is 39.9 Å². The summed E-state index contributed by atoms with van der Waals surface area (Å²) in [6, 6.07) is 2.81. The molecule has 0 saturated carbocycles. The molecule has 0 saturated heterocycles. The second-order valence-corrected chi connectivity index (χ2v) is 7.45. The molecule has 1 aromatic rings. The fraction of sp³-hybridized carbons (Fsp3) is 0.389. The number of carboxylic acids is 2. The zero-order valence-corrected chi connectivity index (χ0v) is 17.9. The van der Waals surface area contributed by atoms with Gasteiger partial charge in [-0.1, -0.05) is 12.1 Å². The Labute approximate surface area is 191 Å². The summed E-state index contributed by atoms with van der Waals surface area (Å²) in [5.74, 6) is -4.57. The molecular formula is C18H22N4O10S. The number of non-ortho nitro benzene ring substituents is 1. The summed E-state index contributed by atoms with van der Waals surface area (Å²) >= 11 is 0.511. The van der Waals surface area contributed by atoms with Gasteiger partial charge in [-0.05, 0) is 23.7 Å². The van der Waals surface area contributed by atoms with Gasteiger partial charge in [-0.25, -0.2) is 4.79 Å². The topological polar surface area (TPSA) is 228 Å². The molecule has 0 bridgehead atoms. The number of nitrogens with zero attached hydrogens (tertiary/aromatic N) is 1. The highest BCUT2D eigenvalue weighted by atomic mass is 32.2. The average molecular weight is 486 g/mol. The number of benzene rings is 1. The first-order valence-electron chi connectivity index (χ1n) is 9.29. The molecule has 2 unspecified atom stereocenters. The largest absolute Gasteiger partial charge is 0.480 e. The lowest BCUT2D eigenvalue weighted by Gasteiger charge is -2.17. The van der Waals surface area contributed by atoms with Crippen molar-refractivity contribution >= 4 is 46.5 Å². The van der Waals surface area contributed by atoms with E-state index in [1.807, 2.05) is 0 Å². The van der Waals surface area contributed by atoms with Crippen LogP contribution in [0.1, 0.15) is 18.4 Å². The number of thioether (sulfide) groups is 1. The number of nitro benzene ring substituents is 1. The third-order valence-corrected chi connectivity index (χ3v) is 4.76. The van der Waals surface area contributed by atoms with Crippen LogP contribution in [-0.2, 0) is 30.5 Å². The number of aliphatic carboxylic acids is 2. The molecule has 15 heteroatoms. The number of nitrogens with two attached hydrogens (primary N) is 1. The third-order valence-electron chi connectivity index (χ3n) is 3.91. The van der Waals surface area contributed by atoms with Crippen LogP contribution in [0.25, 0.3) is 0 Å². The molecule has 0 aliphatic rings. The zero-order valence-electron chi connectivity index (χ0n) is 17.1. The van der Waals surface area contributed by atoms with Crippen molar-refractivity contribution in [3.8, 4) is 0 Å². The minimum atomic E-state index is -1.33. The molecule has 0 radical (unpaired) electrons. The molecule has 0 fully saturated rings. The number of nitrogens with one attached hydrogen (secondary N) is 2. The van der Waals surface area contributed by atoms with E-state index in [9.17, 15) is 34.1 Å². The predicted octanol–water partition coefficient (Wildman–Crippen LogP) is -0.158. The van der Waals surface area contributed by atoms with Gasteiger partial charge in [0, 0.05) is 24.3 Å². The lowest BCUT2D eigenvalue weighted by Crippen LogP contribution is -2.49. The van der Waals surface area contributed by atoms with Crippen molar-refractivity contribution in [1.82, 2.24) is 10.6 Å². The van der Waals surface area contributed by atoms with Crippen LogP contribution < -0.4 is 16.4 Å². The van der Waals surface area contributed by atoms with Gasteiger partial charge in [0.15, 0.2) is 0 Å². The van der Waals surface area contributed by atoms with Crippen LogP contribution in [0.3, 0.4) is 0 Å². The van der Waals surface area contributed by atoms with Gasteiger partial charge in [0.2, 0.25) is 11.8 Å². The van der Waals surface area contributed by atoms with Crippen LogP contribution in [0.15, 0.2) is 24.3 Å². The van der Waals surface area contributed by atoms with Gasteiger partial charge in [-0.15, -0.1) is 0 Å². The number of ether oxygens (including phenoxy) is 1. The molecule has 0 spiro atoms. The first-order valence-corrected chi connectivity index (χ1v) is 10.3. The van der Waals surface area contributed by atoms with E-state index in [0.29, 0.717) is 17.3 Å². The molecule has 2 amide bonds. The summed E-state index contributed by atoms with van der Waals surface area (Å²) in [6.45, 7) is -1.00. The summed E-state index contributed by atoms with van der Waals surface area (Å²) < 4.78 is 4.98. The van der Waals surface area contributed by atoms with Gasteiger partial charge in [-0.3, -0.25) is 29.3 Å². The van der Waals surface area contributed by atoms with E-state index in [-0.39, 0.29) is 30.9 Å². The van der Waals surface area contributed by atoms with E-state index in [1.54, 1.807) is 0 Å². The molecule has 33 heavy (non-hydrogen) atoms. The quantitative estimate of drug-likeness (QED) is 0.139. The maximum Gasteiger partial charge on any atom is 0.367 e. The van der Waals surface area contributed by atoms with Gasteiger partial charge in [-0.2, -0.15) is 0 Å². The second-order valence-electron chi connectivity index (χ2n) is 6.49. The molecule has 6 N–H and O–H groups in total. The molecule has 0 aromatic heterocycles.